The number of hydrogen-bond acceptors (Lipinski definition) is 1. The highest BCUT2D eigenvalue weighted by Gasteiger charge is 2.18. The van der Waals surface area contributed by atoms with Crippen LogP contribution in [-0.2, 0) is 4.74 Å². The third-order valence-electron chi connectivity index (χ3n) is 3.33. The summed E-state index contributed by atoms with van der Waals surface area (Å²) in [7, 11) is 1.64. The maximum absolute atomic E-state index is 6.10. The highest BCUT2D eigenvalue weighted by atomic mass is 16.5. The summed E-state index contributed by atoms with van der Waals surface area (Å²) in [6.45, 7) is 0. The van der Waals surface area contributed by atoms with Crippen molar-refractivity contribution in [2.24, 2.45) is 0 Å². The van der Waals surface area contributed by atoms with E-state index < -0.39 is 0 Å². The van der Waals surface area contributed by atoms with Crippen LogP contribution in [0.25, 0.3) is 28.7 Å². The van der Waals surface area contributed by atoms with Gasteiger partial charge in [0.05, 0.1) is 36.6 Å². The molecule has 0 radical (unpaired) electrons. The highest BCUT2D eigenvalue weighted by Crippen LogP contribution is 2.28. The fraction of sp³-hybridized carbons (Fsp3) is 0.0500. The minimum Gasteiger partial charge on any atom is -0.504 e. The SMILES string of the molecule is COC=Cc1cc(-c2ccccc2)[o+]c(-c2ccccc2)c1. The predicted molar refractivity (Wildman–Crippen MR) is 90.0 cm³/mol. The van der Waals surface area contributed by atoms with Crippen molar-refractivity contribution in [3.63, 3.8) is 0 Å². The Balaban J connectivity index is 2.12. The van der Waals surface area contributed by atoms with Crippen LogP contribution in [0.5, 0.6) is 0 Å². The van der Waals surface area contributed by atoms with Crippen LogP contribution >= 0.6 is 0 Å². The van der Waals surface area contributed by atoms with Crippen LogP contribution in [0.4, 0.5) is 0 Å². The lowest BCUT2D eigenvalue weighted by molar-refractivity contribution is 0.341. The van der Waals surface area contributed by atoms with E-state index in [4.69, 9.17) is 9.15 Å². The van der Waals surface area contributed by atoms with Crippen molar-refractivity contribution >= 4 is 6.08 Å². The van der Waals surface area contributed by atoms with Crippen LogP contribution < -0.4 is 0 Å². The van der Waals surface area contributed by atoms with Gasteiger partial charge in [-0.25, -0.2) is 4.42 Å². The van der Waals surface area contributed by atoms with Crippen molar-refractivity contribution in [3.05, 3.63) is 84.6 Å². The molecule has 2 nitrogen and oxygen atoms in total. The van der Waals surface area contributed by atoms with Gasteiger partial charge in [0.25, 0.3) is 0 Å². The molecule has 0 amide bonds. The van der Waals surface area contributed by atoms with Gasteiger partial charge in [-0.1, -0.05) is 36.4 Å². The summed E-state index contributed by atoms with van der Waals surface area (Å²) >= 11 is 0. The molecule has 108 valence electrons. The van der Waals surface area contributed by atoms with Crippen molar-refractivity contribution in [1.82, 2.24) is 0 Å². The van der Waals surface area contributed by atoms with Crippen molar-refractivity contribution in [3.8, 4) is 22.6 Å². The molecule has 2 heteroatoms. The zero-order chi connectivity index (χ0) is 15.2. The number of methoxy groups -OCH3 is 1. The van der Waals surface area contributed by atoms with Crippen LogP contribution in [0, 0.1) is 0 Å². The normalized spacial score (nSPS) is 10.8. The first-order chi connectivity index (χ1) is 10.9. The van der Waals surface area contributed by atoms with Gasteiger partial charge in [-0.15, -0.1) is 0 Å². The van der Waals surface area contributed by atoms with E-state index in [1.807, 2.05) is 78.9 Å². The smallest absolute Gasteiger partial charge is 0.361 e. The standard InChI is InChI=1S/C20H17O2/c1-21-13-12-16-14-19(17-8-4-2-5-9-17)22-20(15-16)18-10-6-3-7-11-18/h2-15H,1H3/q+1. The molecule has 0 aliphatic carbocycles. The van der Waals surface area contributed by atoms with Crippen molar-refractivity contribution in [2.75, 3.05) is 7.11 Å². The lowest BCUT2D eigenvalue weighted by Crippen LogP contribution is -1.84. The Morgan fingerprint density at radius 3 is 1.73 bits per heavy atom. The molecule has 0 unspecified atom stereocenters. The van der Waals surface area contributed by atoms with Gasteiger partial charge in [-0.3, -0.25) is 0 Å². The molecule has 0 N–H and O–H groups in total. The van der Waals surface area contributed by atoms with E-state index in [1.54, 1.807) is 13.4 Å². The van der Waals surface area contributed by atoms with Crippen molar-refractivity contribution in [2.45, 2.75) is 0 Å². The first-order valence-electron chi connectivity index (χ1n) is 7.15. The molecule has 0 aliphatic heterocycles. The monoisotopic (exact) mass is 289 g/mol. The molecule has 0 saturated carbocycles. The van der Waals surface area contributed by atoms with Gasteiger partial charge in [0.15, 0.2) is 0 Å². The van der Waals surface area contributed by atoms with E-state index in [1.165, 1.54) is 0 Å². The minimum absolute atomic E-state index is 0.831. The maximum atomic E-state index is 6.10. The Hall–Kier alpha value is -2.87. The van der Waals surface area contributed by atoms with Gasteiger partial charge in [0.1, 0.15) is 0 Å². The molecule has 0 saturated heterocycles. The summed E-state index contributed by atoms with van der Waals surface area (Å²) in [5, 5.41) is 0. The summed E-state index contributed by atoms with van der Waals surface area (Å²) in [5.41, 5.74) is 3.13. The Morgan fingerprint density at radius 2 is 1.27 bits per heavy atom. The van der Waals surface area contributed by atoms with Crippen LogP contribution in [0.3, 0.4) is 0 Å². The zero-order valence-corrected chi connectivity index (χ0v) is 12.4. The Bertz CT molecular complexity index is 704. The van der Waals surface area contributed by atoms with E-state index in [0.29, 0.717) is 0 Å². The zero-order valence-electron chi connectivity index (χ0n) is 12.4. The molecule has 3 rings (SSSR count). The number of hydrogen-bond donors (Lipinski definition) is 0. The molecule has 2 aromatic carbocycles. The molecule has 0 aliphatic rings. The minimum atomic E-state index is 0.831. The predicted octanol–water partition coefficient (Wildman–Crippen LogP) is 5.51. The molecule has 0 atom stereocenters. The van der Waals surface area contributed by atoms with Crippen LogP contribution in [-0.4, -0.2) is 7.11 Å². The molecule has 1 heterocycles. The second-order valence-corrected chi connectivity index (χ2v) is 4.89. The van der Waals surface area contributed by atoms with E-state index in [0.717, 1.165) is 28.2 Å². The number of ether oxygens (including phenoxy) is 1. The molecule has 0 spiro atoms. The third-order valence-corrected chi connectivity index (χ3v) is 3.33. The fourth-order valence-electron chi connectivity index (χ4n) is 2.25. The summed E-state index contributed by atoms with van der Waals surface area (Å²) in [6.07, 6.45) is 3.59. The third kappa shape index (κ3) is 3.23. The second kappa shape index (κ2) is 6.72. The van der Waals surface area contributed by atoms with Crippen molar-refractivity contribution < 1.29 is 9.15 Å². The maximum Gasteiger partial charge on any atom is 0.361 e. The molecule has 3 aromatic rings. The first kappa shape index (κ1) is 14.1. The molecular formula is C20H17O2+. The Labute approximate surface area is 130 Å². The van der Waals surface area contributed by atoms with Gasteiger partial charge in [0.2, 0.25) is 0 Å². The number of benzene rings is 2. The lowest BCUT2D eigenvalue weighted by atomic mass is 10.1. The highest BCUT2D eigenvalue weighted by molar-refractivity contribution is 5.68. The van der Waals surface area contributed by atoms with E-state index in [2.05, 4.69) is 0 Å². The van der Waals surface area contributed by atoms with Crippen LogP contribution in [0.15, 0.2) is 83.5 Å². The van der Waals surface area contributed by atoms with E-state index >= 15 is 0 Å². The van der Waals surface area contributed by atoms with E-state index in [9.17, 15) is 0 Å². The fourth-order valence-corrected chi connectivity index (χ4v) is 2.25. The topological polar surface area (TPSA) is 20.5 Å². The van der Waals surface area contributed by atoms with Gasteiger partial charge in [0, 0.05) is 0 Å². The molecule has 0 bridgehead atoms. The molecule has 0 fully saturated rings. The average molecular weight is 289 g/mol. The molecular weight excluding hydrogens is 272 g/mol. The lowest BCUT2D eigenvalue weighted by Gasteiger charge is -1.97. The van der Waals surface area contributed by atoms with Gasteiger partial charge < -0.3 is 4.74 Å². The summed E-state index contributed by atoms with van der Waals surface area (Å²) in [4.78, 5) is 0. The summed E-state index contributed by atoms with van der Waals surface area (Å²) in [5.74, 6) is 1.66. The van der Waals surface area contributed by atoms with Gasteiger partial charge in [-0.05, 0) is 35.9 Å². The quantitative estimate of drug-likeness (QED) is 0.466. The molecule has 1 aromatic heterocycles. The van der Waals surface area contributed by atoms with Crippen LogP contribution in [0.1, 0.15) is 5.56 Å². The largest absolute Gasteiger partial charge is 0.504 e. The Kier molecular flexibility index (Phi) is 4.30. The first-order valence-corrected chi connectivity index (χ1v) is 7.15. The van der Waals surface area contributed by atoms with Gasteiger partial charge >= 0.3 is 11.5 Å². The average Bonchev–Trinajstić information content (AvgIpc) is 2.61. The summed E-state index contributed by atoms with van der Waals surface area (Å²) in [6, 6.07) is 24.2. The molecule has 22 heavy (non-hydrogen) atoms. The number of rotatable bonds is 4. The van der Waals surface area contributed by atoms with Crippen LogP contribution in [0.2, 0.25) is 0 Å². The summed E-state index contributed by atoms with van der Waals surface area (Å²) < 4.78 is 11.1. The van der Waals surface area contributed by atoms with Gasteiger partial charge in [-0.2, -0.15) is 0 Å². The second-order valence-electron chi connectivity index (χ2n) is 4.89. The van der Waals surface area contributed by atoms with Crippen molar-refractivity contribution in [1.29, 1.82) is 0 Å². The Morgan fingerprint density at radius 1 is 0.773 bits per heavy atom. The van der Waals surface area contributed by atoms with E-state index in [-0.39, 0.29) is 0 Å².